The van der Waals surface area contributed by atoms with Crippen molar-refractivity contribution >= 4 is 56.0 Å². The van der Waals surface area contributed by atoms with Gasteiger partial charge < -0.3 is 19.5 Å². The van der Waals surface area contributed by atoms with Crippen LogP contribution in [-0.4, -0.2) is 49.6 Å². The number of nitrogens with zero attached hydrogens (tertiary/aromatic N) is 4. The van der Waals surface area contributed by atoms with Crippen LogP contribution in [0.1, 0.15) is 71.7 Å². The molecule has 0 aliphatic carbocycles. The summed E-state index contributed by atoms with van der Waals surface area (Å²) in [5.74, 6) is 2.69. The number of aryl methyl sites for hydroxylation is 2. The van der Waals surface area contributed by atoms with Crippen LogP contribution in [0.4, 0.5) is 11.4 Å². The fourth-order valence-corrected chi connectivity index (χ4v) is 4.08. The molecular weight excluding hydrogens is 626 g/mol. The van der Waals surface area contributed by atoms with E-state index in [4.69, 9.17) is 14.2 Å². The SMILES string of the molecule is CCN=CNc1cc(Br)c(OCCCC(C)C)nc1C.COC=Nc1cc(Br)c(OCCCC(C)C)nc1C. The number of hydrogen-bond donors (Lipinski definition) is 1. The Morgan fingerprint density at radius 3 is 1.95 bits per heavy atom. The van der Waals surface area contributed by atoms with E-state index in [0.29, 0.717) is 36.8 Å². The first-order chi connectivity index (χ1) is 18.6. The summed E-state index contributed by atoms with van der Waals surface area (Å²) in [4.78, 5) is 17.2. The van der Waals surface area contributed by atoms with Crippen LogP contribution in [0.15, 0.2) is 31.1 Å². The topological polar surface area (TPSA) is 90.2 Å². The molecule has 0 atom stereocenters. The molecule has 0 aliphatic rings. The molecule has 0 bridgehead atoms. The highest BCUT2D eigenvalue weighted by molar-refractivity contribution is 9.10. The molecule has 218 valence electrons. The van der Waals surface area contributed by atoms with Gasteiger partial charge in [0.2, 0.25) is 11.8 Å². The third-order valence-corrected chi connectivity index (χ3v) is 6.50. The Labute approximate surface area is 251 Å². The number of pyridine rings is 2. The van der Waals surface area contributed by atoms with Gasteiger partial charge in [-0.2, -0.15) is 0 Å². The van der Waals surface area contributed by atoms with Crippen molar-refractivity contribution in [2.45, 2.75) is 74.1 Å². The summed E-state index contributed by atoms with van der Waals surface area (Å²) in [5.41, 5.74) is 3.41. The molecule has 0 radical (unpaired) electrons. The van der Waals surface area contributed by atoms with Gasteiger partial charge in [-0.1, -0.05) is 27.7 Å². The zero-order chi connectivity index (χ0) is 29.2. The Balaban J connectivity index is 0.000000391. The number of hydrogen-bond acceptors (Lipinski definition) is 7. The van der Waals surface area contributed by atoms with Gasteiger partial charge in [-0.05, 0) is 102 Å². The molecule has 0 unspecified atom stereocenters. The first-order valence-corrected chi connectivity index (χ1v) is 15.1. The number of aromatic nitrogens is 2. The van der Waals surface area contributed by atoms with Gasteiger partial charge in [-0.15, -0.1) is 0 Å². The summed E-state index contributed by atoms with van der Waals surface area (Å²) in [6.45, 7) is 16.8. The average Bonchev–Trinajstić information content (AvgIpc) is 2.88. The molecule has 2 heterocycles. The largest absolute Gasteiger partial charge is 0.486 e. The molecule has 0 saturated carbocycles. The molecule has 0 aliphatic heterocycles. The van der Waals surface area contributed by atoms with E-state index in [0.717, 1.165) is 57.5 Å². The summed E-state index contributed by atoms with van der Waals surface area (Å²) in [7, 11) is 1.56. The average molecular weight is 672 g/mol. The molecule has 39 heavy (non-hydrogen) atoms. The summed E-state index contributed by atoms with van der Waals surface area (Å²) >= 11 is 6.95. The molecule has 0 aromatic carbocycles. The lowest BCUT2D eigenvalue weighted by atomic mass is 10.1. The number of halogens is 2. The van der Waals surface area contributed by atoms with Crippen molar-refractivity contribution < 1.29 is 14.2 Å². The van der Waals surface area contributed by atoms with Crippen LogP contribution < -0.4 is 14.8 Å². The molecule has 2 aromatic rings. The van der Waals surface area contributed by atoms with Crippen LogP contribution in [0, 0.1) is 25.7 Å². The second-order valence-electron chi connectivity index (χ2n) is 9.80. The van der Waals surface area contributed by atoms with Gasteiger partial charge in [0, 0.05) is 6.54 Å². The molecule has 0 amide bonds. The van der Waals surface area contributed by atoms with Crippen molar-refractivity contribution in [1.29, 1.82) is 0 Å². The molecule has 1 N–H and O–H groups in total. The number of nitrogens with one attached hydrogen (secondary N) is 1. The van der Waals surface area contributed by atoms with Crippen molar-refractivity contribution in [3.05, 3.63) is 32.5 Å². The Morgan fingerprint density at radius 1 is 0.897 bits per heavy atom. The fraction of sp³-hybridized carbons (Fsp3) is 0.586. The smallest absolute Gasteiger partial charge is 0.228 e. The maximum Gasteiger partial charge on any atom is 0.228 e. The van der Waals surface area contributed by atoms with E-state index in [1.807, 2.05) is 32.9 Å². The quantitative estimate of drug-likeness (QED) is 0.116. The second-order valence-corrected chi connectivity index (χ2v) is 11.5. The molecule has 2 aromatic heterocycles. The number of methoxy groups -OCH3 is 1. The van der Waals surface area contributed by atoms with E-state index in [1.54, 1.807) is 13.4 Å². The zero-order valence-electron chi connectivity index (χ0n) is 24.7. The molecule has 0 saturated heterocycles. The first-order valence-electron chi connectivity index (χ1n) is 13.5. The summed E-state index contributed by atoms with van der Waals surface area (Å²) in [5, 5.41) is 3.12. The van der Waals surface area contributed by atoms with Gasteiger partial charge in [0.25, 0.3) is 0 Å². The zero-order valence-corrected chi connectivity index (χ0v) is 27.9. The van der Waals surface area contributed by atoms with E-state index in [-0.39, 0.29) is 0 Å². The van der Waals surface area contributed by atoms with Crippen LogP contribution >= 0.6 is 31.9 Å². The molecule has 10 heteroatoms. The van der Waals surface area contributed by atoms with Crippen LogP contribution in [0.3, 0.4) is 0 Å². The maximum atomic E-state index is 5.73. The van der Waals surface area contributed by atoms with Gasteiger partial charge >= 0.3 is 0 Å². The molecule has 0 fully saturated rings. The van der Waals surface area contributed by atoms with Crippen molar-refractivity contribution in [3.8, 4) is 11.8 Å². The Hall–Kier alpha value is -2.20. The number of ether oxygens (including phenoxy) is 3. The predicted octanol–water partition coefficient (Wildman–Crippen LogP) is 8.70. The van der Waals surface area contributed by atoms with Crippen molar-refractivity contribution in [1.82, 2.24) is 9.97 Å². The Kier molecular flexibility index (Phi) is 17.7. The summed E-state index contributed by atoms with van der Waals surface area (Å²) < 4.78 is 17.9. The van der Waals surface area contributed by atoms with Crippen LogP contribution in [-0.2, 0) is 4.74 Å². The predicted molar refractivity (Wildman–Crippen MR) is 170 cm³/mol. The standard InChI is InChI=1S/C15H24BrN3O.C14H21BrN2O2/c1-5-17-10-18-14-9-13(16)15(19-12(14)4)20-8-6-7-11(2)3;1-10(2)6-5-7-19-14-12(15)8-13(11(3)17-14)16-9-18-4/h9-11H,5-8H2,1-4H3,(H,17,18);8-10H,5-7H2,1-4H3. The number of rotatable bonds is 15. The Morgan fingerprint density at radius 2 is 1.44 bits per heavy atom. The minimum absolute atomic E-state index is 0.623. The van der Waals surface area contributed by atoms with Crippen LogP contribution in [0.25, 0.3) is 0 Å². The van der Waals surface area contributed by atoms with E-state index >= 15 is 0 Å². The van der Waals surface area contributed by atoms with Crippen molar-refractivity contribution in [2.24, 2.45) is 21.8 Å². The van der Waals surface area contributed by atoms with E-state index in [2.05, 4.69) is 84.8 Å². The van der Waals surface area contributed by atoms with Crippen LogP contribution in [0.2, 0.25) is 0 Å². The number of aliphatic imine (C=N–C) groups is 2. The molecule has 2 rings (SSSR count). The second kappa shape index (κ2) is 19.8. The van der Waals surface area contributed by atoms with E-state index in [1.165, 1.54) is 12.8 Å². The van der Waals surface area contributed by atoms with Crippen LogP contribution in [0.5, 0.6) is 11.8 Å². The van der Waals surface area contributed by atoms with Gasteiger partial charge in [0.05, 0.1) is 58.4 Å². The summed E-state index contributed by atoms with van der Waals surface area (Å²) in [6.07, 6.45) is 7.50. The fourth-order valence-electron chi connectivity index (χ4n) is 3.22. The van der Waals surface area contributed by atoms with Gasteiger partial charge in [-0.25, -0.2) is 15.0 Å². The van der Waals surface area contributed by atoms with Gasteiger partial charge in [0.1, 0.15) is 0 Å². The highest BCUT2D eigenvalue weighted by Gasteiger charge is 2.09. The lowest BCUT2D eigenvalue weighted by Gasteiger charge is -2.11. The summed E-state index contributed by atoms with van der Waals surface area (Å²) in [6, 6.07) is 3.86. The molecule has 8 nitrogen and oxygen atoms in total. The van der Waals surface area contributed by atoms with Crippen molar-refractivity contribution in [3.63, 3.8) is 0 Å². The Bertz CT molecular complexity index is 1050. The van der Waals surface area contributed by atoms with Crippen molar-refractivity contribution in [2.75, 3.05) is 32.2 Å². The monoisotopic (exact) mass is 669 g/mol. The molecular formula is C29H45Br2N5O3. The normalized spacial score (nSPS) is 11.3. The lowest BCUT2D eigenvalue weighted by molar-refractivity contribution is 0.285. The third-order valence-electron chi connectivity index (χ3n) is 5.36. The third kappa shape index (κ3) is 14.7. The highest BCUT2D eigenvalue weighted by atomic mass is 79.9. The minimum atomic E-state index is 0.623. The maximum absolute atomic E-state index is 5.73. The molecule has 0 spiro atoms. The first kappa shape index (κ1) is 34.8. The number of anilines is 1. The van der Waals surface area contributed by atoms with Gasteiger partial charge in [-0.3, -0.25) is 4.99 Å². The minimum Gasteiger partial charge on any atom is -0.486 e. The van der Waals surface area contributed by atoms with Gasteiger partial charge in [0.15, 0.2) is 6.40 Å². The highest BCUT2D eigenvalue weighted by Crippen LogP contribution is 2.30. The van der Waals surface area contributed by atoms with E-state index < -0.39 is 0 Å². The van der Waals surface area contributed by atoms with E-state index in [9.17, 15) is 0 Å². The lowest BCUT2D eigenvalue weighted by Crippen LogP contribution is -2.05.